The van der Waals surface area contributed by atoms with Crippen molar-refractivity contribution in [2.45, 2.75) is 19.8 Å². The Kier molecular flexibility index (Phi) is 4.92. The highest BCUT2D eigenvalue weighted by atomic mass is 16.5. The Bertz CT molecular complexity index is 1700. The summed E-state index contributed by atoms with van der Waals surface area (Å²) >= 11 is 0. The quantitative estimate of drug-likeness (QED) is 0.193. The van der Waals surface area contributed by atoms with Crippen molar-refractivity contribution in [1.29, 1.82) is 0 Å². The molecule has 0 spiro atoms. The topological polar surface area (TPSA) is 63.7 Å². The number of carbonyl (C=O) groups excluding carboxylic acids is 3. The highest BCUT2D eigenvalue weighted by molar-refractivity contribution is 6.25. The van der Waals surface area contributed by atoms with Gasteiger partial charge in [0.15, 0.2) is 0 Å². The van der Waals surface area contributed by atoms with Crippen molar-refractivity contribution in [3.05, 3.63) is 113 Å². The van der Waals surface area contributed by atoms with Crippen LogP contribution in [0.4, 0.5) is 5.69 Å². The summed E-state index contributed by atoms with van der Waals surface area (Å²) in [6.45, 7) is 3.96. The van der Waals surface area contributed by atoms with Gasteiger partial charge in [0.2, 0.25) is 11.8 Å². The van der Waals surface area contributed by atoms with E-state index in [-0.39, 0.29) is 17.7 Å². The van der Waals surface area contributed by atoms with Gasteiger partial charge in [0.05, 0.1) is 23.4 Å². The lowest BCUT2D eigenvalue weighted by atomic mass is 9.64. The molecule has 0 N–H and O–H groups in total. The lowest BCUT2D eigenvalue weighted by Gasteiger charge is -2.38. The van der Waals surface area contributed by atoms with Crippen LogP contribution in [0, 0.1) is 31.6 Å². The van der Waals surface area contributed by atoms with Crippen molar-refractivity contribution in [3.63, 3.8) is 0 Å². The van der Waals surface area contributed by atoms with Crippen molar-refractivity contribution in [1.82, 2.24) is 0 Å². The van der Waals surface area contributed by atoms with Gasteiger partial charge in [-0.25, -0.2) is 4.90 Å². The van der Waals surface area contributed by atoms with Crippen molar-refractivity contribution in [3.8, 4) is 5.75 Å². The minimum atomic E-state index is -0.855. The SMILES string of the molecule is Cc1ccc(N2C(=O)[C@@H]3[C@@H]4C(=O)Oc5ccc6ccccc6c5C4=C[C@H](c4ccccc4)[C@H]3C2=O)cc1C. The zero-order valence-electron chi connectivity index (χ0n) is 21.0. The maximum absolute atomic E-state index is 14.2. The smallest absolute Gasteiger partial charge is 0.319 e. The van der Waals surface area contributed by atoms with Crippen LogP contribution in [-0.2, 0) is 14.4 Å². The molecule has 0 aromatic heterocycles. The number of aryl methyl sites for hydroxylation is 2. The molecule has 0 bridgehead atoms. The standard InChI is InChI=1S/C33H25NO4/c1-18-12-14-22(16-19(18)2)34-31(35)28-24(20-8-4-3-5-9-20)17-25-27-23-11-7-6-10-21(23)13-15-26(27)38-33(37)29(25)30(28)32(34)36/h3-17,24,28-30H,1-2H3/t24-,28-,29-,30+/m1/s1. The number of ether oxygens (including phenoxy) is 1. The number of hydrogen-bond acceptors (Lipinski definition) is 4. The first kappa shape index (κ1) is 22.7. The summed E-state index contributed by atoms with van der Waals surface area (Å²) in [5.74, 6) is -3.39. The number of benzene rings is 4. The number of rotatable bonds is 2. The average molecular weight is 500 g/mol. The Morgan fingerprint density at radius 2 is 1.47 bits per heavy atom. The lowest BCUT2D eigenvalue weighted by Crippen LogP contribution is -2.42. The molecule has 5 nitrogen and oxygen atoms in total. The van der Waals surface area contributed by atoms with Gasteiger partial charge in [-0.05, 0) is 65.1 Å². The predicted molar refractivity (Wildman–Crippen MR) is 146 cm³/mol. The summed E-state index contributed by atoms with van der Waals surface area (Å²) in [6.07, 6.45) is 2.04. The van der Waals surface area contributed by atoms with Gasteiger partial charge in [-0.3, -0.25) is 14.4 Å². The maximum atomic E-state index is 14.2. The molecule has 1 fully saturated rings. The van der Waals surface area contributed by atoms with Gasteiger partial charge in [0.1, 0.15) is 5.75 Å². The monoisotopic (exact) mass is 499 g/mol. The Morgan fingerprint density at radius 3 is 2.26 bits per heavy atom. The Balaban J connectivity index is 1.46. The zero-order valence-corrected chi connectivity index (χ0v) is 21.0. The fourth-order valence-corrected chi connectivity index (χ4v) is 6.45. The number of nitrogens with zero attached hydrogens (tertiary/aromatic N) is 1. The third kappa shape index (κ3) is 3.14. The van der Waals surface area contributed by atoms with Crippen LogP contribution >= 0.6 is 0 Å². The third-order valence-corrected chi connectivity index (χ3v) is 8.42. The van der Waals surface area contributed by atoms with Crippen LogP contribution in [0.15, 0.2) is 91.0 Å². The van der Waals surface area contributed by atoms with Crippen molar-refractivity contribution >= 4 is 39.8 Å². The van der Waals surface area contributed by atoms with E-state index in [9.17, 15) is 14.4 Å². The van der Waals surface area contributed by atoms with E-state index >= 15 is 0 Å². The summed E-state index contributed by atoms with van der Waals surface area (Å²) in [5.41, 5.74) is 5.16. The molecule has 1 saturated heterocycles. The molecule has 0 unspecified atom stereocenters. The lowest BCUT2D eigenvalue weighted by molar-refractivity contribution is -0.142. The molecule has 186 valence electrons. The molecule has 4 aromatic carbocycles. The maximum Gasteiger partial charge on any atom is 0.319 e. The minimum Gasteiger partial charge on any atom is -0.425 e. The number of anilines is 1. The fraction of sp³-hybridized carbons (Fsp3) is 0.182. The van der Waals surface area contributed by atoms with E-state index in [1.54, 1.807) is 0 Å². The van der Waals surface area contributed by atoms with Crippen LogP contribution in [0.1, 0.15) is 28.2 Å². The molecular formula is C33H25NO4. The van der Waals surface area contributed by atoms with Crippen LogP contribution in [0.25, 0.3) is 16.3 Å². The molecule has 2 heterocycles. The van der Waals surface area contributed by atoms with E-state index in [1.165, 1.54) is 4.90 Å². The van der Waals surface area contributed by atoms with Gasteiger partial charge in [-0.15, -0.1) is 0 Å². The second kappa shape index (κ2) is 8.25. The van der Waals surface area contributed by atoms with Gasteiger partial charge >= 0.3 is 5.97 Å². The van der Waals surface area contributed by atoms with Crippen LogP contribution in [0.3, 0.4) is 0 Å². The molecule has 0 saturated carbocycles. The average Bonchev–Trinajstić information content (AvgIpc) is 3.20. The van der Waals surface area contributed by atoms with Crippen molar-refractivity contribution < 1.29 is 19.1 Å². The first-order valence-electron chi connectivity index (χ1n) is 12.9. The molecule has 3 aliphatic rings. The number of allylic oxidation sites excluding steroid dienone is 1. The zero-order chi connectivity index (χ0) is 26.1. The van der Waals surface area contributed by atoms with Crippen molar-refractivity contribution in [2.75, 3.05) is 4.90 Å². The number of imide groups is 1. The van der Waals surface area contributed by atoms with Crippen LogP contribution < -0.4 is 9.64 Å². The van der Waals surface area contributed by atoms with Crippen LogP contribution in [0.5, 0.6) is 5.75 Å². The molecular weight excluding hydrogens is 474 g/mol. The number of amides is 2. The second-order valence-corrected chi connectivity index (χ2v) is 10.4. The first-order valence-corrected chi connectivity index (χ1v) is 12.9. The largest absolute Gasteiger partial charge is 0.425 e. The molecule has 2 amide bonds. The highest BCUT2D eigenvalue weighted by Gasteiger charge is 2.60. The highest BCUT2D eigenvalue weighted by Crippen LogP contribution is 2.55. The molecule has 1 aliphatic carbocycles. The van der Waals surface area contributed by atoms with Gasteiger partial charge in [0.25, 0.3) is 0 Å². The Hall–Kier alpha value is -4.51. The summed E-state index contributed by atoms with van der Waals surface area (Å²) in [5, 5.41) is 1.98. The molecule has 4 aromatic rings. The van der Waals surface area contributed by atoms with E-state index in [0.717, 1.165) is 38.6 Å². The summed E-state index contributed by atoms with van der Waals surface area (Å²) in [4.78, 5) is 43.1. The Labute approximate surface area is 220 Å². The van der Waals surface area contributed by atoms with Crippen molar-refractivity contribution in [2.24, 2.45) is 17.8 Å². The number of hydrogen-bond donors (Lipinski definition) is 0. The van der Waals surface area contributed by atoms with Gasteiger partial charge in [0, 0.05) is 11.5 Å². The summed E-state index contributed by atoms with van der Waals surface area (Å²) < 4.78 is 5.86. The second-order valence-electron chi connectivity index (χ2n) is 10.4. The molecule has 4 atom stereocenters. The van der Waals surface area contributed by atoms with Gasteiger partial charge < -0.3 is 4.74 Å². The van der Waals surface area contributed by atoms with E-state index < -0.39 is 23.7 Å². The van der Waals surface area contributed by atoms with E-state index in [0.29, 0.717) is 11.4 Å². The minimum absolute atomic E-state index is 0.274. The summed E-state index contributed by atoms with van der Waals surface area (Å²) in [7, 11) is 0. The number of carbonyl (C=O) groups is 3. The van der Waals surface area contributed by atoms with E-state index in [1.807, 2.05) is 105 Å². The number of esters is 1. The normalized spacial score (nSPS) is 24.0. The molecule has 38 heavy (non-hydrogen) atoms. The van der Waals surface area contributed by atoms with Crippen LogP contribution in [-0.4, -0.2) is 17.8 Å². The van der Waals surface area contributed by atoms with Crippen LogP contribution in [0.2, 0.25) is 0 Å². The predicted octanol–water partition coefficient (Wildman–Crippen LogP) is 5.98. The first-order chi connectivity index (χ1) is 18.4. The third-order valence-electron chi connectivity index (χ3n) is 8.42. The fourth-order valence-electron chi connectivity index (χ4n) is 6.45. The summed E-state index contributed by atoms with van der Waals surface area (Å²) in [6, 6.07) is 27.1. The van der Waals surface area contributed by atoms with Gasteiger partial charge in [-0.1, -0.05) is 72.8 Å². The molecule has 2 aliphatic heterocycles. The van der Waals surface area contributed by atoms with E-state index in [2.05, 4.69) is 0 Å². The molecule has 0 radical (unpaired) electrons. The van der Waals surface area contributed by atoms with E-state index in [4.69, 9.17) is 4.74 Å². The number of fused-ring (bicyclic) bond motifs is 7. The molecule has 5 heteroatoms. The Morgan fingerprint density at radius 1 is 0.737 bits per heavy atom. The van der Waals surface area contributed by atoms with Gasteiger partial charge in [-0.2, -0.15) is 0 Å². The molecule has 7 rings (SSSR count).